The van der Waals surface area contributed by atoms with Crippen molar-refractivity contribution < 1.29 is 4.79 Å². The van der Waals surface area contributed by atoms with Gasteiger partial charge < -0.3 is 10.6 Å². The van der Waals surface area contributed by atoms with Crippen LogP contribution in [-0.4, -0.2) is 30.4 Å². The second-order valence-corrected chi connectivity index (χ2v) is 5.23. The molecule has 0 saturated heterocycles. The Bertz CT molecular complexity index is 222. The number of nitrogens with zero attached hydrogens (tertiary/aromatic N) is 1. The third-order valence-electron chi connectivity index (χ3n) is 3.46. The van der Waals surface area contributed by atoms with Crippen LogP contribution in [0, 0.1) is 11.3 Å². The Labute approximate surface area is 93.0 Å². The minimum absolute atomic E-state index is 0.208. The second kappa shape index (κ2) is 4.97. The Morgan fingerprint density at radius 1 is 1.47 bits per heavy atom. The third kappa shape index (κ3) is 2.94. The largest absolute Gasteiger partial charge is 0.342 e. The summed E-state index contributed by atoms with van der Waals surface area (Å²) in [6.07, 6.45) is 3.90. The smallest absolute Gasteiger partial charge is 0.229 e. The Morgan fingerprint density at radius 2 is 2.07 bits per heavy atom. The van der Waals surface area contributed by atoms with Crippen LogP contribution < -0.4 is 5.73 Å². The van der Waals surface area contributed by atoms with Crippen molar-refractivity contribution in [2.24, 2.45) is 17.1 Å². The van der Waals surface area contributed by atoms with Gasteiger partial charge in [0, 0.05) is 19.6 Å². The first kappa shape index (κ1) is 12.5. The molecule has 0 unspecified atom stereocenters. The number of amides is 1. The lowest BCUT2D eigenvalue weighted by molar-refractivity contribution is -0.140. The van der Waals surface area contributed by atoms with Crippen molar-refractivity contribution in [3.05, 3.63) is 0 Å². The first-order chi connectivity index (χ1) is 7.01. The van der Waals surface area contributed by atoms with Gasteiger partial charge in [0.25, 0.3) is 0 Å². The van der Waals surface area contributed by atoms with E-state index < -0.39 is 5.41 Å². The van der Waals surface area contributed by atoms with Crippen LogP contribution in [0.1, 0.15) is 40.0 Å². The Morgan fingerprint density at radius 3 is 2.40 bits per heavy atom. The van der Waals surface area contributed by atoms with Gasteiger partial charge in [0.1, 0.15) is 0 Å². The first-order valence-corrected chi connectivity index (χ1v) is 6.00. The van der Waals surface area contributed by atoms with E-state index in [1.807, 2.05) is 25.7 Å². The molecule has 1 aliphatic rings. The average molecular weight is 212 g/mol. The molecule has 1 saturated carbocycles. The van der Waals surface area contributed by atoms with E-state index >= 15 is 0 Å². The van der Waals surface area contributed by atoms with Crippen LogP contribution >= 0.6 is 0 Å². The molecule has 88 valence electrons. The van der Waals surface area contributed by atoms with Gasteiger partial charge in [0.2, 0.25) is 5.91 Å². The van der Waals surface area contributed by atoms with Crippen LogP contribution in [0.25, 0.3) is 0 Å². The molecule has 1 aliphatic carbocycles. The summed E-state index contributed by atoms with van der Waals surface area (Å²) in [5, 5.41) is 0. The molecule has 0 spiro atoms. The van der Waals surface area contributed by atoms with E-state index in [1.54, 1.807) is 0 Å². The number of hydrogen-bond donors (Lipinski definition) is 1. The lowest BCUT2D eigenvalue weighted by Crippen LogP contribution is -2.47. The molecule has 2 N–H and O–H groups in total. The van der Waals surface area contributed by atoms with Crippen molar-refractivity contribution in [3.63, 3.8) is 0 Å². The van der Waals surface area contributed by atoms with E-state index in [0.29, 0.717) is 6.54 Å². The summed E-state index contributed by atoms with van der Waals surface area (Å²) in [5.41, 5.74) is 5.23. The van der Waals surface area contributed by atoms with Crippen LogP contribution in [0.3, 0.4) is 0 Å². The molecular weight excluding hydrogens is 188 g/mol. The number of hydrogen-bond acceptors (Lipinski definition) is 2. The topological polar surface area (TPSA) is 46.3 Å². The number of carbonyl (C=O) groups excluding carboxylic acids is 1. The summed E-state index contributed by atoms with van der Waals surface area (Å²) in [6, 6.07) is 0. The van der Waals surface area contributed by atoms with Gasteiger partial charge in [-0.1, -0.05) is 6.42 Å². The summed E-state index contributed by atoms with van der Waals surface area (Å²) < 4.78 is 0. The molecule has 1 rings (SSSR count). The van der Waals surface area contributed by atoms with Gasteiger partial charge in [0.15, 0.2) is 0 Å². The molecule has 0 aromatic heterocycles. The lowest BCUT2D eigenvalue weighted by atomic mass is 9.84. The highest BCUT2D eigenvalue weighted by atomic mass is 16.2. The van der Waals surface area contributed by atoms with Crippen molar-refractivity contribution >= 4 is 5.91 Å². The maximum absolute atomic E-state index is 12.1. The highest BCUT2D eigenvalue weighted by Crippen LogP contribution is 2.28. The maximum atomic E-state index is 12.1. The molecule has 0 aromatic rings. The quantitative estimate of drug-likeness (QED) is 0.752. The molecule has 0 aromatic carbocycles. The van der Waals surface area contributed by atoms with Gasteiger partial charge in [-0.15, -0.1) is 0 Å². The second-order valence-electron chi connectivity index (χ2n) is 5.23. The zero-order valence-electron chi connectivity index (χ0n) is 10.3. The summed E-state index contributed by atoms with van der Waals surface area (Å²) in [7, 11) is 0. The predicted molar refractivity (Wildman–Crippen MR) is 62.4 cm³/mol. The van der Waals surface area contributed by atoms with E-state index in [2.05, 4.69) is 0 Å². The van der Waals surface area contributed by atoms with Crippen molar-refractivity contribution in [2.75, 3.05) is 19.6 Å². The summed E-state index contributed by atoms with van der Waals surface area (Å²) in [5.74, 6) is 0.946. The van der Waals surface area contributed by atoms with Gasteiger partial charge in [-0.3, -0.25) is 4.79 Å². The third-order valence-corrected chi connectivity index (χ3v) is 3.46. The Kier molecular flexibility index (Phi) is 4.14. The fourth-order valence-electron chi connectivity index (χ4n) is 1.86. The average Bonchev–Trinajstić information content (AvgIpc) is 2.16. The SMILES string of the molecule is CCN(CC1CCC1)C(=O)C(C)(C)CN. The van der Waals surface area contributed by atoms with Gasteiger partial charge in [-0.05, 0) is 39.5 Å². The minimum atomic E-state index is -0.403. The predicted octanol–water partition coefficient (Wildman–Crippen LogP) is 1.62. The molecule has 0 bridgehead atoms. The number of rotatable bonds is 5. The van der Waals surface area contributed by atoms with E-state index in [1.165, 1.54) is 19.3 Å². The fourth-order valence-corrected chi connectivity index (χ4v) is 1.86. The number of carbonyl (C=O) groups is 1. The summed E-state index contributed by atoms with van der Waals surface area (Å²) in [6.45, 7) is 8.06. The summed E-state index contributed by atoms with van der Waals surface area (Å²) >= 11 is 0. The van der Waals surface area contributed by atoms with Crippen LogP contribution in [-0.2, 0) is 4.79 Å². The lowest BCUT2D eigenvalue weighted by Gasteiger charge is -2.35. The van der Waals surface area contributed by atoms with E-state index in [-0.39, 0.29) is 5.91 Å². The zero-order chi connectivity index (χ0) is 11.5. The van der Waals surface area contributed by atoms with Crippen LogP contribution in [0.2, 0.25) is 0 Å². The van der Waals surface area contributed by atoms with Crippen LogP contribution in [0.4, 0.5) is 0 Å². The molecule has 0 aliphatic heterocycles. The molecule has 15 heavy (non-hydrogen) atoms. The van der Waals surface area contributed by atoms with E-state index in [9.17, 15) is 4.79 Å². The molecule has 3 heteroatoms. The van der Waals surface area contributed by atoms with Crippen molar-refractivity contribution in [1.82, 2.24) is 4.90 Å². The van der Waals surface area contributed by atoms with Gasteiger partial charge in [-0.25, -0.2) is 0 Å². The van der Waals surface area contributed by atoms with Crippen molar-refractivity contribution in [1.29, 1.82) is 0 Å². The Hall–Kier alpha value is -0.570. The van der Waals surface area contributed by atoms with Crippen LogP contribution in [0.15, 0.2) is 0 Å². The monoisotopic (exact) mass is 212 g/mol. The minimum Gasteiger partial charge on any atom is -0.342 e. The van der Waals surface area contributed by atoms with Crippen LogP contribution in [0.5, 0.6) is 0 Å². The molecule has 3 nitrogen and oxygen atoms in total. The first-order valence-electron chi connectivity index (χ1n) is 6.00. The zero-order valence-corrected chi connectivity index (χ0v) is 10.3. The van der Waals surface area contributed by atoms with Gasteiger partial charge >= 0.3 is 0 Å². The molecule has 1 fully saturated rings. The molecular formula is C12H24N2O. The molecule has 0 radical (unpaired) electrons. The molecule has 0 atom stereocenters. The van der Waals surface area contributed by atoms with Crippen molar-refractivity contribution in [3.8, 4) is 0 Å². The maximum Gasteiger partial charge on any atom is 0.229 e. The Balaban J connectivity index is 2.52. The number of nitrogens with two attached hydrogens (primary N) is 1. The normalized spacial score (nSPS) is 17.3. The summed E-state index contributed by atoms with van der Waals surface area (Å²) in [4.78, 5) is 14.1. The molecule has 0 heterocycles. The van der Waals surface area contributed by atoms with E-state index in [4.69, 9.17) is 5.73 Å². The molecule has 1 amide bonds. The van der Waals surface area contributed by atoms with Gasteiger partial charge in [-0.2, -0.15) is 0 Å². The van der Waals surface area contributed by atoms with E-state index in [0.717, 1.165) is 19.0 Å². The van der Waals surface area contributed by atoms with Gasteiger partial charge in [0.05, 0.1) is 5.41 Å². The highest BCUT2D eigenvalue weighted by Gasteiger charge is 2.32. The highest BCUT2D eigenvalue weighted by molar-refractivity contribution is 5.82. The van der Waals surface area contributed by atoms with Crippen molar-refractivity contribution in [2.45, 2.75) is 40.0 Å². The fraction of sp³-hybridized carbons (Fsp3) is 0.917. The standard InChI is InChI=1S/C12H24N2O/c1-4-14(8-10-6-5-7-10)11(15)12(2,3)9-13/h10H,4-9,13H2,1-3H3.